The maximum Gasteiger partial charge on any atom is 0.338 e. The molecule has 0 saturated heterocycles. The molecule has 6 heteroatoms. The first-order valence-electron chi connectivity index (χ1n) is 6.85. The van der Waals surface area contributed by atoms with Gasteiger partial charge in [0.2, 0.25) is 0 Å². The zero-order chi connectivity index (χ0) is 16.1. The van der Waals surface area contributed by atoms with Gasteiger partial charge in [0.1, 0.15) is 12.4 Å². The summed E-state index contributed by atoms with van der Waals surface area (Å²) >= 11 is 0. The molecule has 2 rings (SSSR count). The summed E-state index contributed by atoms with van der Waals surface area (Å²) in [6.07, 6.45) is 3.47. The van der Waals surface area contributed by atoms with Crippen molar-refractivity contribution in [3.8, 4) is 0 Å². The van der Waals surface area contributed by atoms with Crippen LogP contribution in [0.5, 0.6) is 0 Å². The second-order valence-electron chi connectivity index (χ2n) is 4.79. The molecule has 1 aliphatic rings. The van der Waals surface area contributed by atoms with Crippen molar-refractivity contribution in [3.05, 3.63) is 59.1 Å². The third-order valence-corrected chi connectivity index (χ3v) is 3.24. The molecule has 116 valence electrons. The normalized spacial score (nSPS) is 18.1. The van der Waals surface area contributed by atoms with Gasteiger partial charge in [-0.1, -0.05) is 24.3 Å². The molecule has 0 spiro atoms. The number of halogens is 1. The highest BCUT2D eigenvalue weighted by Gasteiger charge is 2.32. The predicted octanol–water partition coefficient (Wildman–Crippen LogP) is 2.57. The van der Waals surface area contributed by atoms with E-state index < -0.39 is 18.0 Å². The number of nitrogens with one attached hydrogen (secondary N) is 2. The van der Waals surface area contributed by atoms with Gasteiger partial charge in [-0.2, -0.15) is 0 Å². The van der Waals surface area contributed by atoms with Crippen LogP contribution in [0, 0.1) is 5.82 Å². The van der Waals surface area contributed by atoms with Crippen molar-refractivity contribution in [2.24, 2.45) is 0 Å². The van der Waals surface area contributed by atoms with Gasteiger partial charge in [-0.3, -0.25) is 0 Å². The molecule has 5 nitrogen and oxygen atoms in total. The van der Waals surface area contributed by atoms with E-state index in [4.69, 9.17) is 4.74 Å². The van der Waals surface area contributed by atoms with E-state index in [1.165, 1.54) is 24.3 Å². The minimum absolute atomic E-state index is 0.149. The van der Waals surface area contributed by atoms with E-state index in [9.17, 15) is 14.0 Å². The Morgan fingerprint density at radius 1 is 1.36 bits per heavy atom. The van der Waals surface area contributed by atoms with Gasteiger partial charge < -0.3 is 15.4 Å². The molecule has 1 heterocycles. The summed E-state index contributed by atoms with van der Waals surface area (Å²) in [5.41, 5.74) is 1.33. The van der Waals surface area contributed by atoms with Crippen LogP contribution in [0.3, 0.4) is 0 Å². The lowest BCUT2D eigenvalue weighted by molar-refractivity contribution is -0.138. The quantitative estimate of drug-likeness (QED) is 0.663. The van der Waals surface area contributed by atoms with Crippen molar-refractivity contribution in [1.82, 2.24) is 10.6 Å². The molecule has 1 unspecified atom stereocenters. The van der Waals surface area contributed by atoms with Crippen molar-refractivity contribution in [2.75, 3.05) is 6.61 Å². The number of hydrogen-bond donors (Lipinski definition) is 2. The number of rotatable bonds is 4. The van der Waals surface area contributed by atoms with E-state index in [-0.39, 0.29) is 12.4 Å². The van der Waals surface area contributed by atoms with Crippen LogP contribution < -0.4 is 10.6 Å². The summed E-state index contributed by atoms with van der Waals surface area (Å²) in [7, 11) is 0. The van der Waals surface area contributed by atoms with Crippen LogP contribution in [-0.4, -0.2) is 18.6 Å². The Morgan fingerprint density at radius 2 is 2.05 bits per heavy atom. The van der Waals surface area contributed by atoms with E-state index in [0.29, 0.717) is 16.8 Å². The molecule has 1 aliphatic heterocycles. The summed E-state index contributed by atoms with van der Waals surface area (Å²) in [5, 5.41) is 5.20. The lowest BCUT2D eigenvalue weighted by atomic mass is 9.95. The van der Waals surface area contributed by atoms with Crippen molar-refractivity contribution in [2.45, 2.75) is 19.9 Å². The van der Waals surface area contributed by atoms with Crippen LogP contribution in [0.2, 0.25) is 0 Å². The zero-order valence-electron chi connectivity index (χ0n) is 12.4. The third kappa shape index (κ3) is 3.52. The largest absolute Gasteiger partial charge is 0.458 e. The van der Waals surface area contributed by atoms with Crippen LogP contribution in [0.15, 0.2) is 47.7 Å². The summed E-state index contributed by atoms with van der Waals surface area (Å²) < 4.78 is 18.2. The molecule has 0 fully saturated rings. The Morgan fingerprint density at radius 3 is 2.68 bits per heavy atom. The first-order valence-corrected chi connectivity index (χ1v) is 6.85. The van der Waals surface area contributed by atoms with E-state index in [1.54, 1.807) is 19.1 Å². The number of esters is 1. The van der Waals surface area contributed by atoms with Crippen molar-refractivity contribution < 1.29 is 18.7 Å². The number of urea groups is 1. The molecule has 2 N–H and O–H groups in total. The van der Waals surface area contributed by atoms with Gasteiger partial charge in [-0.05, 0) is 31.5 Å². The molecule has 0 aromatic heterocycles. The molecule has 0 radical (unpaired) electrons. The lowest BCUT2D eigenvalue weighted by Gasteiger charge is -2.28. The first-order chi connectivity index (χ1) is 10.5. The van der Waals surface area contributed by atoms with E-state index in [2.05, 4.69) is 10.6 Å². The number of hydrogen-bond acceptors (Lipinski definition) is 3. The Kier molecular flexibility index (Phi) is 4.93. The van der Waals surface area contributed by atoms with Gasteiger partial charge in [-0.15, -0.1) is 0 Å². The first kappa shape index (κ1) is 15.8. The number of carbonyl (C=O) groups is 2. The molecule has 0 aliphatic carbocycles. The smallest absolute Gasteiger partial charge is 0.338 e. The highest BCUT2D eigenvalue weighted by atomic mass is 19.1. The molecule has 22 heavy (non-hydrogen) atoms. The Labute approximate surface area is 127 Å². The number of benzene rings is 1. The summed E-state index contributed by atoms with van der Waals surface area (Å²) in [5.74, 6) is -0.917. The van der Waals surface area contributed by atoms with Gasteiger partial charge in [0, 0.05) is 5.70 Å². The summed E-state index contributed by atoms with van der Waals surface area (Å²) in [6, 6.07) is 4.52. The fourth-order valence-electron chi connectivity index (χ4n) is 2.17. The van der Waals surface area contributed by atoms with E-state index >= 15 is 0 Å². The van der Waals surface area contributed by atoms with Gasteiger partial charge in [0.15, 0.2) is 0 Å². The Hall–Kier alpha value is -2.63. The van der Waals surface area contributed by atoms with Crippen LogP contribution in [0.4, 0.5) is 9.18 Å². The van der Waals surface area contributed by atoms with Crippen molar-refractivity contribution >= 4 is 12.0 Å². The summed E-state index contributed by atoms with van der Waals surface area (Å²) in [4.78, 5) is 23.9. The van der Waals surface area contributed by atoms with Crippen LogP contribution in [-0.2, 0) is 9.53 Å². The predicted molar refractivity (Wildman–Crippen MR) is 79.3 cm³/mol. The number of allylic oxidation sites excluding steroid dienone is 2. The van der Waals surface area contributed by atoms with E-state index in [0.717, 1.165) is 0 Å². The molecule has 0 bridgehead atoms. The topological polar surface area (TPSA) is 67.4 Å². The number of carbonyl (C=O) groups excluding carboxylic acids is 2. The molecule has 1 aromatic carbocycles. The SMILES string of the molecule is C/C=C/COC(=O)C1=C(C)NC(=O)NC1c1ccc(F)cc1. The second kappa shape index (κ2) is 6.89. The highest BCUT2D eigenvalue weighted by Crippen LogP contribution is 2.27. The van der Waals surface area contributed by atoms with Crippen molar-refractivity contribution in [1.29, 1.82) is 0 Å². The average molecular weight is 304 g/mol. The van der Waals surface area contributed by atoms with Gasteiger partial charge in [0.25, 0.3) is 0 Å². The fraction of sp³-hybridized carbons (Fsp3) is 0.250. The van der Waals surface area contributed by atoms with Crippen LogP contribution in [0.25, 0.3) is 0 Å². The van der Waals surface area contributed by atoms with Gasteiger partial charge in [-0.25, -0.2) is 14.0 Å². The maximum atomic E-state index is 13.1. The van der Waals surface area contributed by atoms with Crippen molar-refractivity contribution in [3.63, 3.8) is 0 Å². The van der Waals surface area contributed by atoms with E-state index in [1.807, 2.05) is 6.92 Å². The fourth-order valence-corrected chi connectivity index (χ4v) is 2.17. The zero-order valence-corrected chi connectivity index (χ0v) is 12.4. The molecule has 0 saturated carbocycles. The second-order valence-corrected chi connectivity index (χ2v) is 4.79. The number of amides is 2. The number of ether oxygens (including phenoxy) is 1. The summed E-state index contributed by atoms with van der Waals surface area (Å²) in [6.45, 7) is 3.60. The third-order valence-electron chi connectivity index (χ3n) is 3.24. The molecular formula is C16H17FN2O3. The Bertz CT molecular complexity index is 635. The van der Waals surface area contributed by atoms with Gasteiger partial charge in [0.05, 0.1) is 11.6 Å². The van der Waals surface area contributed by atoms with Crippen LogP contribution in [0.1, 0.15) is 25.5 Å². The van der Waals surface area contributed by atoms with Crippen LogP contribution >= 0.6 is 0 Å². The van der Waals surface area contributed by atoms with Gasteiger partial charge >= 0.3 is 12.0 Å². The maximum absolute atomic E-state index is 13.1. The minimum atomic E-state index is -0.674. The standard InChI is InChI=1S/C16H17FN2O3/c1-3-4-9-22-15(20)13-10(2)18-16(21)19-14(13)11-5-7-12(17)8-6-11/h3-8,14H,9H2,1-2H3,(H2,18,19,21)/b4-3+. The monoisotopic (exact) mass is 304 g/mol. The average Bonchev–Trinajstić information content (AvgIpc) is 2.47. The molecule has 1 atom stereocenters. The molecule has 2 amide bonds. The molecular weight excluding hydrogens is 287 g/mol. The highest BCUT2D eigenvalue weighted by molar-refractivity contribution is 5.95. The minimum Gasteiger partial charge on any atom is -0.458 e. The molecule has 1 aromatic rings. The Balaban J connectivity index is 2.32. The lowest BCUT2D eigenvalue weighted by Crippen LogP contribution is -2.45.